The van der Waals surface area contributed by atoms with Gasteiger partial charge in [-0.2, -0.15) is 0 Å². The third-order valence-corrected chi connectivity index (χ3v) is 2.64. The summed E-state index contributed by atoms with van der Waals surface area (Å²) < 4.78 is 0. The fraction of sp³-hybridized carbons (Fsp3) is 0.400. The number of halogens is 1. The molecule has 1 atom stereocenters. The largest absolute Gasteiger partial charge is 0.396 e. The zero-order valence-corrected chi connectivity index (χ0v) is 8.79. The van der Waals surface area contributed by atoms with Gasteiger partial charge in [-0.25, -0.2) is 4.98 Å². The molecular weight excluding hydrogens is 216 g/mol. The minimum atomic E-state index is -0.339. The van der Waals surface area contributed by atoms with Crippen LogP contribution in [0.2, 0.25) is 5.15 Å². The van der Waals surface area contributed by atoms with Gasteiger partial charge in [0.2, 0.25) is 0 Å². The minimum Gasteiger partial charge on any atom is -0.396 e. The molecular formula is C10H11ClN2O2. The topological polar surface area (TPSA) is 62.2 Å². The van der Waals surface area contributed by atoms with E-state index in [4.69, 9.17) is 16.7 Å². The maximum atomic E-state index is 11.6. The monoisotopic (exact) mass is 226 g/mol. The number of rotatable bonds is 2. The predicted molar refractivity (Wildman–Crippen MR) is 57.1 cm³/mol. The van der Waals surface area contributed by atoms with E-state index in [0.29, 0.717) is 23.8 Å². The van der Waals surface area contributed by atoms with Crippen LogP contribution in [0.25, 0.3) is 0 Å². The number of aliphatic hydroxyl groups excluding tert-OH is 1. The van der Waals surface area contributed by atoms with E-state index < -0.39 is 0 Å². The summed E-state index contributed by atoms with van der Waals surface area (Å²) in [5.74, 6) is 0.737. The molecule has 1 aliphatic heterocycles. The number of anilines is 1. The highest BCUT2D eigenvalue weighted by Gasteiger charge is 2.25. The van der Waals surface area contributed by atoms with Crippen molar-refractivity contribution in [3.05, 3.63) is 22.8 Å². The molecule has 0 saturated heterocycles. The van der Waals surface area contributed by atoms with Crippen LogP contribution in [-0.2, 0) is 11.2 Å². The second kappa shape index (κ2) is 4.16. The molecule has 0 fully saturated rings. The first-order valence-corrected chi connectivity index (χ1v) is 5.14. The van der Waals surface area contributed by atoms with Crippen LogP contribution in [0.4, 0.5) is 5.82 Å². The zero-order chi connectivity index (χ0) is 10.8. The number of nitrogens with zero attached hydrogens (tertiary/aromatic N) is 1. The third kappa shape index (κ3) is 2.11. The fourth-order valence-corrected chi connectivity index (χ4v) is 1.80. The summed E-state index contributed by atoms with van der Waals surface area (Å²) in [7, 11) is 0. The Morgan fingerprint density at radius 1 is 1.60 bits per heavy atom. The number of aromatic nitrogens is 1. The summed E-state index contributed by atoms with van der Waals surface area (Å²) in [6.45, 7) is -0.0146. The molecule has 2 heterocycles. The van der Waals surface area contributed by atoms with Crippen LogP contribution in [-0.4, -0.2) is 28.5 Å². The summed E-state index contributed by atoms with van der Waals surface area (Å²) in [4.78, 5) is 15.7. The normalized spacial score (nSPS) is 19.6. The highest BCUT2D eigenvalue weighted by atomic mass is 35.5. The smallest absolute Gasteiger partial charge is 0.159 e. The standard InChI is InChI=1S/C10H11ClN2O2/c11-9-2-1-6-5-8(15)7(3-4-14)12-10(6)13-9/h1-2,7,14H,3-5H2,(H,12,13)/t7-/m1/s1. The lowest BCUT2D eigenvalue weighted by atomic mass is 9.98. The summed E-state index contributed by atoms with van der Waals surface area (Å²) >= 11 is 5.75. The molecule has 0 saturated carbocycles. The molecule has 2 N–H and O–H groups in total. The molecule has 0 radical (unpaired) electrons. The summed E-state index contributed by atoms with van der Waals surface area (Å²) in [5, 5.41) is 12.2. The summed E-state index contributed by atoms with van der Waals surface area (Å²) in [5.41, 5.74) is 0.860. The van der Waals surface area contributed by atoms with Crippen molar-refractivity contribution in [2.75, 3.05) is 11.9 Å². The van der Waals surface area contributed by atoms with Gasteiger partial charge in [-0.3, -0.25) is 4.79 Å². The van der Waals surface area contributed by atoms with Gasteiger partial charge in [-0.15, -0.1) is 0 Å². The van der Waals surface area contributed by atoms with Crippen molar-refractivity contribution in [1.82, 2.24) is 4.98 Å². The van der Waals surface area contributed by atoms with Crippen LogP contribution in [0.5, 0.6) is 0 Å². The summed E-state index contributed by atoms with van der Waals surface area (Å²) in [6, 6.07) is 3.13. The molecule has 1 aromatic rings. The number of hydrogen-bond acceptors (Lipinski definition) is 4. The van der Waals surface area contributed by atoms with Gasteiger partial charge in [0.15, 0.2) is 5.78 Å². The van der Waals surface area contributed by atoms with E-state index in [1.807, 2.05) is 0 Å². The lowest BCUT2D eigenvalue weighted by Gasteiger charge is -2.24. The van der Waals surface area contributed by atoms with Gasteiger partial charge in [0.25, 0.3) is 0 Å². The first-order valence-electron chi connectivity index (χ1n) is 4.76. The molecule has 2 rings (SSSR count). The Kier molecular flexibility index (Phi) is 2.88. The first-order chi connectivity index (χ1) is 7.20. The molecule has 0 aliphatic carbocycles. The van der Waals surface area contributed by atoms with Crippen LogP contribution in [0.3, 0.4) is 0 Å². The lowest BCUT2D eigenvalue weighted by molar-refractivity contribution is -0.119. The number of ketones is 1. The molecule has 0 bridgehead atoms. The number of carbonyl (C=O) groups is 1. The Morgan fingerprint density at radius 3 is 3.13 bits per heavy atom. The van der Waals surface area contributed by atoms with Gasteiger partial charge in [0, 0.05) is 18.6 Å². The van der Waals surface area contributed by atoms with E-state index in [1.54, 1.807) is 12.1 Å². The van der Waals surface area contributed by atoms with E-state index in [1.165, 1.54) is 0 Å². The van der Waals surface area contributed by atoms with Gasteiger partial charge in [0.05, 0.1) is 6.04 Å². The van der Waals surface area contributed by atoms with Crippen molar-refractivity contribution >= 4 is 23.2 Å². The van der Waals surface area contributed by atoms with Gasteiger partial charge < -0.3 is 10.4 Å². The Hall–Kier alpha value is -1.13. The highest BCUT2D eigenvalue weighted by Crippen LogP contribution is 2.23. The van der Waals surface area contributed by atoms with Gasteiger partial charge in [-0.1, -0.05) is 17.7 Å². The molecule has 0 spiro atoms. The molecule has 5 heteroatoms. The SMILES string of the molecule is O=C1Cc2ccc(Cl)nc2N[C@@H]1CCO. The maximum absolute atomic E-state index is 11.6. The lowest BCUT2D eigenvalue weighted by Crippen LogP contribution is -2.36. The van der Waals surface area contributed by atoms with E-state index in [2.05, 4.69) is 10.3 Å². The second-order valence-corrected chi connectivity index (χ2v) is 3.88. The molecule has 1 aromatic heterocycles. The van der Waals surface area contributed by atoms with Crippen LogP contribution in [0.1, 0.15) is 12.0 Å². The van der Waals surface area contributed by atoms with Crippen LogP contribution in [0.15, 0.2) is 12.1 Å². The van der Waals surface area contributed by atoms with Crippen molar-refractivity contribution in [2.24, 2.45) is 0 Å². The van der Waals surface area contributed by atoms with Crippen molar-refractivity contribution in [3.8, 4) is 0 Å². The molecule has 4 nitrogen and oxygen atoms in total. The van der Waals surface area contributed by atoms with Crippen LogP contribution < -0.4 is 5.32 Å². The summed E-state index contributed by atoms with van der Waals surface area (Å²) in [6.07, 6.45) is 0.767. The molecule has 1 aliphatic rings. The predicted octanol–water partition coefficient (Wildman–Crippen LogP) is 1.02. The van der Waals surface area contributed by atoms with E-state index in [-0.39, 0.29) is 18.4 Å². The molecule has 0 unspecified atom stereocenters. The van der Waals surface area contributed by atoms with Gasteiger partial charge >= 0.3 is 0 Å². The minimum absolute atomic E-state index is 0.0146. The highest BCUT2D eigenvalue weighted by molar-refractivity contribution is 6.29. The number of pyridine rings is 1. The van der Waals surface area contributed by atoms with Gasteiger partial charge in [-0.05, 0) is 12.5 Å². The Labute approximate surface area is 92.3 Å². The first kappa shape index (κ1) is 10.4. The number of nitrogens with one attached hydrogen (secondary N) is 1. The maximum Gasteiger partial charge on any atom is 0.159 e. The van der Waals surface area contributed by atoms with E-state index in [0.717, 1.165) is 5.56 Å². The van der Waals surface area contributed by atoms with Crippen LogP contribution >= 0.6 is 11.6 Å². The number of aliphatic hydroxyl groups is 1. The number of carbonyl (C=O) groups excluding carboxylic acids is 1. The quantitative estimate of drug-likeness (QED) is 0.740. The van der Waals surface area contributed by atoms with Crippen LogP contribution in [0, 0.1) is 0 Å². The van der Waals surface area contributed by atoms with Crippen molar-refractivity contribution in [2.45, 2.75) is 18.9 Å². The van der Waals surface area contributed by atoms with Crippen molar-refractivity contribution in [3.63, 3.8) is 0 Å². The molecule has 0 amide bonds. The molecule has 15 heavy (non-hydrogen) atoms. The number of hydrogen-bond donors (Lipinski definition) is 2. The Morgan fingerprint density at radius 2 is 2.40 bits per heavy atom. The number of Topliss-reactive ketones (excluding diaryl/α,β-unsaturated/α-hetero) is 1. The van der Waals surface area contributed by atoms with Crippen molar-refractivity contribution in [1.29, 1.82) is 0 Å². The molecule has 0 aromatic carbocycles. The molecule has 80 valence electrons. The number of fused-ring (bicyclic) bond motifs is 1. The fourth-order valence-electron chi connectivity index (χ4n) is 1.65. The Bertz CT molecular complexity index is 395. The van der Waals surface area contributed by atoms with E-state index >= 15 is 0 Å². The average Bonchev–Trinajstić information content (AvgIpc) is 2.20. The second-order valence-electron chi connectivity index (χ2n) is 3.49. The Balaban J connectivity index is 2.26. The van der Waals surface area contributed by atoms with Gasteiger partial charge in [0.1, 0.15) is 11.0 Å². The average molecular weight is 227 g/mol. The third-order valence-electron chi connectivity index (χ3n) is 2.43. The zero-order valence-electron chi connectivity index (χ0n) is 8.03. The van der Waals surface area contributed by atoms with E-state index in [9.17, 15) is 4.79 Å². The van der Waals surface area contributed by atoms with Crippen molar-refractivity contribution < 1.29 is 9.90 Å².